The van der Waals surface area contributed by atoms with E-state index in [-0.39, 0.29) is 12.1 Å². The molecule has 1 amide bonds. The lowest BCUT2D eigenvalue weighted by Crippen LogP contribution is -2.33. The maximum atomic E-state index is 12.3. The number of amides is 1. The van der Waals surface area contributed by atoms with Gasteiger partial charge in [0, 0.05) is 4.47 Å². The smallest absolute Gasteiger partial charge is 0.408 e. The number of nitrogens with zero attached hydrogens (tertiary/aromatic N) is 3. The molecule has 0 aliphatic heterocycles. The van der Waals surface area contributed by atoms with Gasteiger partial charge in [0.1, 0.15) is 16.8 Å². The number of hydrogen-bond acceptors (Lipinski definition) is 5. The first-order valence-electron chi connectivity index (χ1n) is 7.93. The number of para-hydroxylation sites is 1. The molecule has 3 aromatic rings. The zero-order valence-corrected chi connectivity index (χ0v) is 16.1. The van der Waals surface area contributed by atoms with Crippen LogP contribution in [-0.4, -0.2) is 31.4 Å². The number of benzene rings is 1. The van der Waals surface area contributed by atoms with Gasteiger partial charge in [-0.25, -0.2) is 14.5 Å². The number of carbonyl (C=O) groups is 1. The highest BCUT2D eigenvalue weighted by molar-refractivity contribution is 9.10. The first kappa shape index (κ1) is 18.1. The highest BCUT2D eigenvalue weighted by Crippen LogP contribution is 2.22. The summed E-state index contributed by atoms with van der Waals surface area (Å²) >= 11 is 3.47. The van der Waals surface area contributed by atoms with Gasteiger partial charge in [-0.15, -0.1) is 0 Å². The molecule has 9 heteroatoms. The van der Waals surface area contributed by atoms with Crippen LogP contribution >= 0.6 is 15.9 Å². The molecule has 0 aliphatic carbocycles. The molecule has 0 saturated carbocycles. The number of hydrogen-bond donors (Lipinski definition) is 2. The Morgan fingerprint density at radius 2 is 2.08 bits per heavy atom. The summed E-state index contributed by atoms with van der Waals surface area (Å²) in [4.78, 5) is 31.2. The minimum absolute atomic E-state index is 0.0290. The van der Waals surface area contributed by atoms with E-state index in [9.17, 15) is 9.59 Å². The fourth-order valence-electron chi connectivity index (χ4n) is 2.32. The second-order valence-electron chi connectivity index (χ2n) is 6.61. The third-order valence-electron chi connectivity index (χ3n) is 3.37. The lowest BCUT2D eigenvalue weighted by Gasteiger charge is -2.19. The number of fused-ring (bicyclic) bond motifs is 1. The number of ether oxygens (including phenoxy) is 1. The van der Waals surface area contributed by atoms with Gasteiger partial charge >= 0.3 is 6.09 Å². The first-order valence-corrected chi connectivity index (χ1v) is 8.72. The van der Waals surface area contributed by atoms with E-state index in [2.05, 4.69) is 36.3 Å². The molecule has 2 aromatic heterocycles. The molecule has 0 bridgehead atoms. The Hall–Kier alpha value is -2.68. The normalized spacial score (nSPS) is 11.5. The van der Waals surface area contributed by atoms with Crippen LogP contribution in [0.25, 0.3) is 16.7 Å². The fourth-order valence-corrected chi connectivity index (χ4v) is 2.77. The lowest BCUT2D eigenvalue weighted by atomic mass is 10.2. The Kier molecular flexibility index (Phi) is 4.82. The van der Waals surface area contributed by atoms with E-state index in [1.165, 1.54) is 6.20 Å². The molecule has 2 heterocycles. The molecule has 8 nitrogen and oxygen atoms in total. The Morgan fingerprint density at radius 1 is 1.35 bits per heavy atom. The van der Waals surface area contributed by atoms with Crippen molar-refractivity contribution in [1.29, 1.82) is 0 Å². The largest absolute Gasteiger partial charge is 0.444 e. The highest BCUT2D eigenvalue weighted by atomic mass is 79.9. The van der Waals surface area contributed by atoms with Crippen LogP contribution in [0.4, 0.5) is 4.79 Å². The molecular weight excluding hydrogens is 402 g/mol. The fraction of sp³-hybridized carbons (Fsp3) is 0.294. The van der Waals surface area contributed by atoms with E-state index in [0.29, 0.717) is 16.9 Å². The third-order valence-corrected chi connectivity index (χ3v) is 4.04. The van der Waals surface area contributed by atoms with E-state index >= 15 is 0 Å². The summed E-state index contributed by atoms with van der Waals surface area (Å²) < 4.78 is 7.57. The highest BCUT2D eigenvalue weighted by Gasteiger charge is 2.17. The van der Waals surface area contributed by atoms with Gasteiger partial charge in [0.15, 0.2) is 5.65 Å². The molecule has 2 N–H and O–H groups in total. The van der Waals surface area contributed by atoms with Gasteiger partial charge in [-0.1, -0.05) is 12.1 Å². The summed E-state index contributed by atoms with van der Waals surface area (Å²) in [6.45, 7) is 5.35. The minimum Gasteiger partial charge on any atom is -0.444 e. The van der Waals surface area contributed by atoms with Gasteiger partial charge < -0.3 is 15.0 Å². The average molecular weight is 420 g/mol. The van der Waals surface area contributed by atoms with Crippen molar-refractivity contribution in [3.05, 3.63) is 51.1 Å². The van der Waals surface area contributed by atoms with Crippen LogP contribution in [-0.2, 0) is 11.3 Å². The summed E-state index contributed by atoms with van der Waals surface area (Å²) in [7, 11) is 0. The molecule has 0 unspecified atom stereocenters. The molecular formula is C17H18BrN5O3. The molecule has 1 aromatic carbocycles. The van der Waals surface area contributed by atoms with Crippen molar-refractivity contribution >= 4 is 33.1 Å². The van der Waals surface area contributed by atoms with E-state index in [4.69, 9.17) is 4.74 Å². The van der Waals surface area contributed by atoms with Crippen LogP contribution in [0, 0.1) is 0 Å². The van der Waals surface area contributed by atoms with E-state index in [0.717, 1.165) is 10.2 Å². The predicted molar refractivity (Wildman–Crippen MR) is 100 cm³/mol. The van der Waals surface area contributed by atoms with Crippen molar-refractivity contribution in [3.63, 3.8) is 0 Å². The van der Waals surface area contributed by atoms with Crippen LogP contribution in [0.15, 0.2) is 39.7 Å². The third kappa shape index (κ3) is 3.93. The number of nitrogens with one attached hydrogen (secondary N) is 2. The van der Waals surface area contributed by atoms with Gasteiger partial charge in [-0.05, 0) is 48.8 Å². The number of alkyl carbamates (subject to hydrolysis) is 1. The van der Waals surface area contributed by atoms with Gasteiger partial charge in [0.05, 0.1) is 18.4 Å². The first-order chi connectivity index (χ1) is 12.2. The monoisotopic (exact) mass is 419 g/mol. The topological polar surface area (TPSA) is 102 Å². The summed E-state index contributed by atoms with van der Waals surface area (Å²) in [5.74, 6) is 0.308. The summed E-state index contributed by atoms with van der Waals surface area (Å²) in [5.41, 5.74) is 0.232. The van der Waals surface area contributed by atoms with Crippen LogP contribution in [0.5, 0.6) is 0 Å². The van der Waals surface area contributed by atoms with Crippen molar-refractivity contribution in [2.45, 2.75) is 32.9 Å². The maximum absolute atomic E-state index is 12.3. The summed E-state index contributed by atoms with van der Waals surface area (Å²) in [6, 6.07) is 7.49. The Labute approximate surface area is 157 Å². The number of carbonyl (C=O) groups excluding carboxylic acids is 1. The second-order valence-corrected chi connectivity index (χ2v) is 7.47. The van der Waals surface area contributed by atoms with Gasteiger partial charge in [-0.3, -0.25) is 4.79 Å². The molecule has 0 radical (unpaired) electrons. The average Bonchev–Trinajstić information content (AvgIpc) is 2.96. The van der Waals surface area contributed by atoms with Crippen molar-refractivity contribution in [1.82, 2.24) is 25.1 Å². The number of aromatic nitrogens is 4. The SMILES string of the molecule is CC(C)(C)OC(=O)NCc1nc2c(cnn2-c2ccccc2Br)c(=O)[nH]1. The van der Waals surface area contributed by atoms with Gasteiger partial charge in [0.2, 0.25) is 0 Å². The van der Waals surface area contributed by atoms with Crippen molar-refractivity contribution in [3.8, 4) is 5.69 Å². The molecule has 0 aliphatic rings. The summed E-state index contributed by atoms with van der Waals surface area (Å²) in [5, 5.41) is 7.20. The second kappa shape index (κ2) is 6.91. The van der Waals surface area contributed by atoms with Crippen molar-refractivity contribution in [2.75, 3.05) is 0 Å². The van der Waals surface area contributed by atoms with E-state index in [1.54, 1.807) is 25.5 Å². The minimum atomic E-state index is -0.604. The number of rotatable bonds is 3. The van der Waals surface area contributed by atoms with Crippen LogP contribution in [0.2, 0.25) is 0 Å². The predicted octanol–water partition coefficient (Wildman–Crippen LogP) is 2.90. The Bertz CT molecular complexity index is 1020. The Morgan fingerprint density at radius 3 is 2.77 bits per heavy atom. The van der Waals surface area contributed by atoms with Crippen LogP contribution in [0.3, 0.4) is 0 Å². The van der Waals surface area contributed by atoms with Gasteiger partial charge in [0.25, 0.3) is 5.56 Å². The maximum Gasteiger partial charge on any atom is 0.408 e. The molecule has 0 spiro atoms. The van der Waals surface area contributed by atoms with E-state index < -0.39 is 11.7 Å². The molecule has 136 valence electrons. The van der Waals surface area contributed by atoms with Gasteiger partial charge in [-0.2, -0.15) is 5.10 Å². The Balaban J connectivity index is 1.92. The van der Waals surface area contributed by atoms with Crippen LogP contribution in [0.1, 0.15) is 26.6 Å². The summed E-state index contributed by atoms with van der Waals surface area (Å²) in [6.07, 6.45) is 0.880. The zero-order chi connectivity index (χ0) is 18.9. The van der Waals surface area contributed by atoms with Crippen molar-refractivity contribution in [2.24, 2.45) is 0 Å². The van der Waals surface area contributed by atoms with Crippen molar-refractivity contribution < 1.29 is 9.53 Å². The molecule has 0 atom stereocenters. The molecule has 0 saturated heterocycles. The number of aromatic amines is 1. The zero-order valence-electron chi connectivity index (χ0n) is 14.5. The lowest BCUT2D eigenvalue weighted by molar-refractivity contribution is 0.0522. The number of H-pyrrole nitrogens is 1. The molecule has 26 heavy (non-hydrogen) atoms. The molecule has 3 rings (SSSR count). The quantitative estimate of drug-likeness (QED) is 0.679. The molecule has 0 fully saturated rings. The van der Waals surface area contributed by atoms with E-state index in [1.807, 2.05) is 24.3 Å². The number of halogens is 1. The standard InChI is InChI=1S/C17H18BrN5O3/c1-17(2,3)26-16(25)19-9-13-21-14-10(15(24)22-13)8-20-23(14)12-7-5-4-6-11(12)18/h4-8H,9H2,1-3H3,(H,19,25)(H,21,22,24). The van der Waals surface area contributed by atoms with Crippen LogP contribution < -0.4 is 10.9 Å².